The van der Waals surface area contributed by atoms with E-state index in [2.05, 4.69) is 22.0 Å². The van der Waals surface area contributed by atoms with Gasteiger partial charge in [-0.3, -0.25) is 0 Å². The van der Waals surface area contributed by atoms with Crippen LogP contribution in [-0.4, -0.2) is 5.97 Å². The Labute approximate surface area is 154 Å². The van der Waals surface area contributed by atoms with Crippen molar-refractivity contribution in [3.05, 3.63) is 88.4 Å². The number of aryl methyl sites for hydroxylation is 1. The molecule has 0 aliphatic carbocycles. The fourth-order valence-corrected chi connectivity index (χ4v) is 3.54. The van der Waals surface area contributed by atoms with Crippen LogP contribution in [0.4, 0.5) is 0 Å². The Morgan fingerprint density at radius 3 is 2.40 bits per heavy atom. The van der Waals surface area contributed by atoms with E-state index in [0.717, 1.165) is 31.6 Å². The molecule has 0 aliphatic heterocycles. The summed E-state index contributed by atoms with van der Waals surface area (Å²) in [7, 11) is 0. The number of rotatable bonds is 2. The lowest BCUT2D eigenvalue weighted by atomic mass is 10.0. The van der Waals surface area contributed by atoms with Crippen LogP contribution in [0.5, 0.6) is 5.75 Å². The zero-order valence-corrected chi connectivity index (χ0v) is 15.2. The summed E-state index contributed by atoms with van der Waals surface area (Å²) in [6.07, 6.45) is 0. The Hall–Kier alpha value is -2.65. The van der Waals surface area contributed by atoms with Gasteiger partial charge in [-0.15, -0.1) is 0 Å². The summed E-state index contributed by atoms with van der Waals surface area (Å²) in [5.41, 5.74) is 1.65. The summed E-state index contributed by atoms with van der Waals surface area (Å²) in [6.45, 7) is 1.99. The summed E-state index contributed by atoms with van der Waals surface area (Å²) in [4.78, 5) is 12.7. The van der Waals surface area contributed by atoms with Crippen LogP contribution < -0.4 is 4.74 Å². The largest absolute Gasteiger partial charge is 0.422 e. The van der Waals surface area contributed by atoms with Gasteiger partial charge in [0.15, 0.2) is 0 Å². The topological polar surface area (TPSA) is 26.3 Å². The second-order valence-corrected chi connectivity index (χ2v) is 6.87. The van der Waals surface area contributed by atoms with Gasteiger partial charge in [-0.05, 0) is 42.0 Å². The van der Waals surface area contributed by atoms with Crippen LogP contribution in [0.3, 0.4) is 0 Å². The first-order valence-corrected chi connectivity index (χ1v) is 8.81. The smallest absolute Gasteiger partial charge is 0.343 e. The highest BCUT2D eigenvalue weighted by atomic mass is 79.9. The van der Waals surface area contributed by atoms with E-state index in [1.165, 1.54) is 0 Å². The molecule has 0 aromatic heterocycles. The first-order valence-electron chi connectivity index (χ1n) is 8.02. The van der Waals surface area contributed by atoms with Gasteiger partial charge >= 0.3 is 5.97 Å². The van der Waals surface area contributed by atoms with Crippen molar-refractivity contribution in [2.45, 2.75) is 6.92 Å². The molecule has 0 fully saturated rings. The fraction of sp³-hybridized carbons (Fsp3) is 0.0455. The van der Waals surface area contributed by atoms with Crippen LogP contribution in [0.25, 0.3) is 21.5 Å². The number of fused-ring (bicyclic) bond motifs is 2. The number of carbonyl (C=O) groups excluding carboxylic acids is 1. The minimum atomic E-state index is -0.353. The summed E-state index contributed by atoms with van der Waals surface area (Å²) in [5, 5.41) is 3.89. The molecule has 4 rings (SSSR count). The van der Waals surface area contributed by atoms with Crippen molar-refractivity contribution in [3.8, 4) is 5.75 Å². The average Bonchev–Trinajstić information content (AvgIpc) is 2.62. The number of ether oxygens (including phenoxy) is 1. The zero-order valence-electron chi connectivity index (χ0n) is 13.6. The van der Waals surface area contributed by atoms with E-state index < -0.39 is 0 Å². The third-order valence-electron chi connectivity index (χ3n) is 4.27. The van der Waals surface area contributed by atoms with E-state index in [4.69, 9.17) is 4.74 Å². The lowest BCUT2D eigenvalue weighted by Gasteiger charge is -2.13. The van der Waals surface area contributed by atoms with Gasteiger partial charge in [0.25, 0.3) is 0 Å². The van der Waals surface area contributed by atoms with E-state index in [1.807, 2.05) is 61.5 Å². The predicted molar refractivity (Wildman–Crippen MR) is 105 cm³/mol. The molecule has 3 heteroatoms. The first-order chi connectivity index (χ1) is 12.1. The maximum absolute atomic E-state index is 12.7. The van der Waals surface area contributed by atoms with E-state index in [1.54, 1.807) is 12.1 Å². The molecule has 122 valence electrons. The van der Waals surface area contributed by atoms with Crippen molar-refractivity contribution in [2.24, 2.45) is 0 Å². The third kappa shape index (κ3) is 2.92. The molecule has 0 bridgehead atoms. The Morgan fingerprint density at radius 1 is 0.880 bits per heavy atom. The molecule has 25 heavy (non-hydrogen) atoms. The number of halogens is 1. The molecule has 0 radical (unpaired) electrons. The fourth-order valence-electron chi connectivity index (χ4n) is 2.98. The van der Waals surface area contributed by atoms with Crippen molar-refractivity contribution >= 4 is 43.4 Å². The van der Waals surface area contributed by atoms with Gasteiger partial charge in [-0.2, -0.15) is 0 Å². The average molecular weight is 391 g/mol. The molecule has 0 spiro atoms. The number of benzene rings is 4. The predicted octanol–water partition coefficient (Wildman–Crippen LogP) is 6.28. The van der Waals surface area contributed by atoms with Gasteiger partial charge in [-0.25, -0.2) is 4.79 Å². The van der Waals surface area contributed by atoms with Crippen molar-refractivity contribution in [1.29, 1.82) is 0 Å². The van der Waals surface area contributed by atoms with Crippen LogP contribution in [0, 0.1) is 6.92 Å². The minimum absolute atomic E-state index is 0.353. The first kappa shape index (κ1) is 15.9. The highest BCUT2D eigenvalue weighted by Crippen LogP contribution is 2.39. The van der Waals surface area contributed by atoms with Crippen molar-refractivity contribution in [1.82, 2.24) is 0 Å². The second-order valence-electron chi connectivity index (χ2n) is 6.02. The molecule has 0 saturated heterocycles. The molecule has 0 atom stereocenters. The maximum atomic E-state index is 12.7. The third-order valence-corrected chi connectivity index (χ3v) is 4.93. The van der Waals surface area contributed by atoms with Gasteiger partial charge in [0, 0.05) is 15.2 Å². The Morgan fingerprint density at radius 2 is 1.60 bits per heavy atom. The SMILES string of the molecule is Cc1ccc(C(=O)Oc2c3ccccc3cc3cccc(Br)c23)cc1. The number of hydrogen-bond acceptors (Lipinski definition) is 2. The minimum Gasteiger partial charge on any atom is -0.422 e. The quantitative estimate of drug-likeness (QED) is 0.228. The lowest BCUT2D eigenvalue weighted by molar-refractivity contribution is 0.0739. The molecule has 0 heterocycles. The molecule has 0 unspecified atom stereocenters. The molecule has 0 N–H and O–H groups in total. The van der Waals surface area contributed by atoms with Gasteiger partial charge in [-0.1, -0.05) is 70.0 Å². The van der Waals surface area contributed by atoms with Crippen molar-refractivity contribution in [2.75, 3.05) is 0 Å². The van der Waals surface area contributed by atoms with Crippen LogP contribution in [0.2, 0.25) is 0 Å². The number of esters is 1. The molecule has 0 saturated carbocycles. The Kier molecular flexibility index (Phi) is 4.02. The van der Waals surface area contributed by atoms with Crippen LogP contribution >= 0.6 is 15.9 Å². The van der Waals surface area contributed by atoms with E-state index in [-0.39, 0.29) is 5.97 Å². The lowest BCUT2D eigenvalue weighted by Crippen LogP contribution is -2.09. The van der Waals surface area contributed by atoms with Gasteiger partial charge in [0.1, 0.15) is 5.75 Å². The Bertz CT molecular complexity index is 1100. The zero-order chi connectivity index (χ0) is 17.4. The molecule has 4 aromatic rings. The summed E-state index contributed by atoms with van der Waals surface area (Å²) >= 11 is 3.60. The normalized spacial score (nSPS) is 11.0. The summed E-state index contributed by atoms with van der Waals surface area (Å²) < 4.78 is 6.78. The molecule has 0 aliphatic rings. The molecule has 2 nitrogen and oxygen atoms in total. The summed E-state index contributed by atoms with van der Waals surface area (Å²) in [5.74, 6) is 0.236. The highest BCUT2D eigenvalue weighted by molar-refractivity contribution is 9.10. The molecule has 4 aromatic carbocycles. The van der Waals surface area contributed by atoms with Gasteiger partial charge in [0.2, 0.25) is 0 Å². The molecular formula is C22H15BrO2. The van der Waals surface area contributed by atoms with E-state index in [0.29, 0.717) is 11.3 Å². The number of hydrogen-bond donors (Lipinski definition) is 0. The van der Waals surface area contributed by atoms with Crippen molar-refractivity contribution in [3.63, 3.8) is 0 Å². The van der Waals surface area contributed by atoms with Crippen LogP contribution in [0.1, 0.15) is 15.9 Å². The monoisotopic (exact) mass is 390 g/mol. The number of carbonyl (C=O) groups is 1. The maximum Gasteiger partial charge on any atom is 0.343 e. The standard InChI is InChI=1S/C22H15BrO2/c1-14-9-11-15(12-10-14)22(24)25-21-18-7-3-2-5-16(18)13-17-6-4-8-19(23)20(17)21/h2-13H,1H3. The van der Waals surface area contributed by atoms with E-state index in [9.17, 15) is 4.79 Å². The van der Waals surface area contributed by atoms with Gasteiger partial charge < -0.3 is 4.74 Å². The van der Waals surface area contributed by atoms with Crippen molar-refractivity contribution < 1.29 is 9.53 Å². The Balaban J connectivity index is 1.91. The second kappa shape index (κ2) is 6.34. The highest BCUT2D eigenvalue weighted by Gasteiger charge is 2.16. The van der Waals surface area contributed by atoms with E-state index >= 15 is 0 Å². The van der Waals surface area contributed by atoms with Crippen LogP contribution in [0.15, 0.2) is 77.3 Å². The summed E-state index contributed by atoms with van der Waals surface area (Å²) in [6, 6.07) is 23.4. The molecular weight excluding hydrogens is 376 g/mol. The van der Waals surface area contributed by atoms with Crippen LogP contribution in [-0.2, 0) is 0 Å². The molecule has 0 amide bonds. The van der Waals surface area contributed by atoms with Gasteiger partial charge in [0.05, 0.1) is 5.56 Å².